The third kappa shape index (κ3) is 5.97. The predicted molar refractivity (Wildman–Crippen MR) is 123 cm³/mol. The second-order valence-corrected chi connectivity index (χ2v) is 8.67. The summed E-state index contributed by atoms with van der Waals surface area (Å²) in [7, 11) is -0.582. The number of ether oxygens (including phenoxy) is 1. The molecule has 0 atom stereocenters. The summed E-state index contributed by atoms with van der Waals surface area (Å²) in [4.78, 5) is 12.3. The van der Waals surface area contributed by atoms with Gasteiger partial charge in [-0.25, -0.2) is 4.79 Å². The number of hydrogen-bond donors (Lipinski definition) is 2. The van der Waals surface area contributed by atoms with E-state index in [-0.39, 0.29) is 13.2 Å². The van der Waals surface area contributed by atoms with Crippen molar-refractivity contribution in [2.45, 2.75) is 52.0 Å². The van der Waals surface area contributed by atoms with E-state index in [1.54, 1.807) is 0 Å². The van der Waals surface area contributed by atoms with Crippen LogP contribution >= 0.6 is 0 Å². The summed E-state index contributed by atoms with van der Waals surface area (Å²) in [6, 6.07) is 17.5. The highest BCUT2D eigenvalue weighted by Crippen LogP contribution is 2.38. The van der Waals surface area contributed by atoms with Crippen LogP contribution in [0.4, 0.5) is 4.79 Å². The monoisotopic (exact) mass is 422 g/mol. The number of rotatable bonds is 7. The molecule has 1 saturated heterocycles. The molecule has 1 fully saturated rings. The average Bonchev–Trinajstić information content (AvgIpc) is 2.97. The summed E-state index contributed by atoms with van der Waals surface area (Å²) >= 11 is 0. The minimum Gasteiger partial charge on any atom is -0.445 e. The van der Waals surface area contributed by atoms with Gasteiger partial charge in [-0.05, 0) is 49.9 Å². The van der Waals surface area contributed by atoms with Crippen LogP contribution in [0.3, 0.4) is 0 Å². The highest BCUT2D eigenvalue weighted by atomic mass is 16.7. The van der Waals surface area contributed by atoms with Crippen molar-refractivity contribution in [2.75, 3.05) is 6.54 Å². The molecule has 0 bridgehead atoms. The van der Waals surface area contributed by atoms with Gasteiger partial charge in [-0.2, -0.15) is 0 Å². The van der Waals surface area contributed by atoms with Crippen molar-refractivity contribution in [1.82, 2.24) is 5.32 Å². The molecule has 31 heavy (non-hydrogen) atoms. The molecule has 2 aromatic rings. The molecule has 3 N–H and O–H groups in total. The Morgan fingerprint density at radius 3 is 2.32 bits per heavy atom. The van der Waals surface area contributed by atoms with E-state index in [9.17, 15) is 4.79 Å². The molecule has 0 saturated carbocycles. The maximum atomic E-state index is 12.3. The fourth-order valence-corrected chi connectivity index (χ4v) is 3.17. The van der Waals surface area contributed by atoms with Gasteiger partial charge in [-0.15, -0.1) is 0 Å². The first-order chi connectivity index (χ1) is 14.7. The topological polar surface area (TPSA) is 82.8 Å². The van der Waals surface area contributed by atoms with Gasteiger partial charge >= 0.3 is 13.2 Å². The number of carbonyl (C=O) groups excluding carboxylic acids is 1. The molecule has 0 radical (unpaired) electrons. The lowest BCUT2D eigenvalue weighted by atomic mass is 9.77. The first kappa shape index (κ1) is 23.1. The van der Waals surface area contributed by atoms with Crippen LogP contribution in [0.2, 0.25) is 0 Å². The Morgan fingerprint density at radius 1 is 1.03 bits per heavy atom. The molecule has 1 aliphatic rings. The van der Waals surface area contributed by atoms with E-state index in [0.29, 0.717) is 6.54 Å². The number of carbonyl (C=O) groups is 1. The fourth-order valence-electron chi connectivity index (χ4n) is 3.17. The van der Waals surface area contributed by atoms with E-state index in [1.165, 1.54) is 0 Å². The summed E-state index contributed by atoms with van der Waals surface area (Å²) in [5.74, 6) is 0. The third-order valence-electron chi connectivity index (χ3n) is 5.74. The molecule has 1 heterocycles. The van der Waals surface area contributed by atoms with Crippen molar-refractivity contribution < 1.29 is 18.8 Å². The molecule has 3 rings (SSSR count). The van der Waals surface area contributed by atoms with Crippen LogP contribution in [0.25, 0.3) is 6.08 Å². The van der Waals surface area contributed by atoms with Gasteiger partial charge in [0.05, 0.1) is 11.2 Å². The van der Waals surface area contributed by atoms with Crippen molar-refractivity contribution in [3.05, 3.63) is 76.8 Å². The number of amides is 1. The highest BCUT2D eigenvalue weighted by molar-refractivity contribution is 6.56. The van der Waals surface area contributed by atoms with Crippen molar-refractivity contribution in [2.24, 2.45) is 5.73 Å². The van der Waals surface area contributed by atoms with Gasteiger partial charge in [0.2, 0.25) is 0 Å². The molecular formula is C24H31BN2O4. The number of hydrogen-bond acceptors (Lipinski definition) is 5. The largest absolute Gasteiger partial charge is 0.492 e. The second kappa shape index (κ2) is 9.68. The molecular weight excluding hydrogens is 391 g/mol. The predicted octanol–water partition coefficient (Wildman–Crippen LogP) is 4.09. The normalized spacial score (nSPS) is 17.5. The molecule has 1 amide bonds. The zero-order chi connectivity index (χ0) is 22.5. The van der Waals surface area contributed by atoms with Gasteiger partial charge in [0.15, 0.2) is 0 Å². The van der Waals surface area contributed by atoms with Gasteiger partial charge in [0, 0.05) is 13.1 Å². The Kier molecular flexibility index (Phi) is 7.21. The van der Waals surface area contributed by atoms with Crippen LogP contribution in [-0.4, -0.2) is 31.0 Å². The van der Waals surface area contributed by atoms with Crippen LogP contribution in [0.5, 0.6) is 0 Å². The van der Waals surface area contributed by atoms with Crippen molar-refractivity contribution >= 4 is 19.3 Å². The van der Waals surface area contributed by atoms with Crippen LogP contribution < -0.4 is 11.1 Å². The molecule has 6 nitrogen and oxygen atoms in total. The van der Waals surface area contributed by atoms with Gasteiger partial charge < -0.3 is 25.1 Å². The Labute approximate surface area is 184 Å². The molecule has 7 heteroatoms. The van der Waals surface area contributed by atoms with E-state index >= 15 is 0 Å². The number of alkyl carbamates (subject to hydrolysis) is 1. The van der Waals surface area contributed by atoms with E-state index < -0.39 is 24.4 Å². The summed E-state index contributed by atoms with van der Waals surface area (Å²) in [6.45, 7) is 8.90. The molecule has 0 aliphatic carbocycles. The zero-order valence-corrected chi connectivity index (χ0v) is 18.7. The molecule has 164 valence electrons. The van der Waals surface area contributed by atoms with Gasteiger partial charge in [-0.1, -0.05) is 60.7 Å². The van der Waals surface area contributed by atoms with Crippen molar-refractivity contribution in [3.8, 4) is 0 Å². The Hall–Kier alpha value is -2.61. The van der Waals surface area contributed by atoms with Crippen LogP contribution in [0, 0.1) is 0 Å². The first-order valence-corrected chi connectivity index (χ1v) is 10.5. The minimum atomic E-state index is -0.582. The SMILES string of the molecule is CC1(C)OB(C(=Cc2cccc(CN)c2)CNC(=O)OCc2ccccc2)OC1(C)C. The molecule has 1 aliphatic heterocycles. The molecule has 0 spiro atoms. The van der Waals surface area contributed by atoms with Crippen LogP contribution in [-0.2, 0) is 27.2 Å². The summed E-state index contributed by atoms with van der Waals surface area (Å²) < 4.78 is 17.8. The quantitative estimate of drug-likeness (QED) is 0.657. The number of benzene rings is 2. The number of nitrogens with one attached hydrogen (secondary N) is 1. The molecule has 0 unspecified atom stereocenters. The second-order valence-electron chi connectivity index (χ2n) is 8.67. The van der Waals surface area contributed by atoms with Crippen molar-refractivity contribution in [1.29, 1.82) is 0 Å². The number of nitrogens with two attached hydrogens (primary N) is 1. The first-order valence-electron chi connectivity index (χ1n) is 10.5. The average molecular weight is 422 g/mol. The summed E-state index contributed by atoms with van der Waals surface area (Å²) in [5.41, 5.74) is 8.53. The van der Waals surface area contributed by atoms with Crippen LogP contribution in [0.15, 0.2) is 60.1 Å². The smallest absolute Gasteiger partial charge is 0.445 e. The molecule has 2 aromatic carbocycles. The Morgan fingerprint density at radius 2 is 1.68 bits per heavy atom. The van der Waals surface area contributed by atoms with E-state index in [4.69, 9.17) is 19.8 Å². The van der Waals surface area contributed by atoms with Gasteiger partial charge in [-0.3, -0.25) is 0 Å². The lowest BCUT2D eigenvalue weighted by Gasteiger charge is -2.32. The maximum absolute atomic E-state index is 12.3. The fraction of sp³-hybridized carbons (Fsp3) is 0.375. The molecule has 0 aromatic heterocycles. The van der Waals surface area contributed by atoms with E-state index in [2.05, 4.69) is 5.32 Å². The van der Waals surface area contributed by atoms with Gasteiger partial charge in [0.25, 0.3) is 0 Å². The summed E-state index contributed by atoms with van der Waals surface area (Å²) in [5, 5.41) is 2.82. The van der Waals surface area contributed by atoms with E-state index in [1.807, 2.05) is 88.4 Å². The van der Waals surface area contributed by atoms with Gasteiger partial charge in [0.1, 0.15) is 6.61 Å². The lowest BCUT2D eigenvalue weighted by molar-refractivity contribution is 0.00578. The maximum Gasteiger partial charge on any atom is 0.492 e. The Balaban J connectivity index is 1.73. The third-order valence-corrected chi connectivity index (χ3v) is 5.74. The zero-order valence-electron chi connectivity index (χ0n) is 18.7. The van der Waals surface area contributed by atoms with E-state index in [0.717, 1.165) is 22.2 Å². The highest BCUT2D eigenvalue weighted by Gasteiger charge is 2.52. The Bertz CT molecular complexity index is 912. The lowest BCUT2D eigenvalue weighted by Crippen LogP contribution is -2.41. The minimum absolute atomic E-state index is 0.209. The van der Waals surface area contributed by atoms with Crippen LogP contribution in [0.1, 0.15) is 44.4 Å². The van der Waals surface area contributed by atoms with Crippen molar-refractivity contribution in [3.63, 3.8) is 0 Å². The summed E-state index contributed by atoms with van der Waals surface area (Å²) in [6.07, 6.45) is 1.47. The standard InChI is InChI=1S/C24H31BN2O4/c1-23(2)24(3,4)31-25(30-23)21(14-19-11-8-12-20(13-19)15-26)16-27-22(28)29-17-18-9-6-5-7-10-18/h5-14H,15-17,26H2,1-4H3,(H,27,28).